The highest BCUT2D eigenvalue weighted by atomic mass is 35.5. The molecule has 8 heteroatoms. The number of ether oxygens (including phenoxy) is 2. The zero-order valence-electron chi connectivity index (χ0n) is 17.7. The van der Waals surface area contributed by atoms with Crippen LogP contribution < -0.4 is 9.54 Å². The SMILES string of the molecule is CCCCCOc1ccc(C(=O)N=c2sc3cc(Cl)cc(Cl)c3n2CCOCC)cc1. The summed E-state index contributed by atoms with van der Waals surface area (Å²) in [6, 6.07) is 10.6. The number of fused-ring (bicyclic) bond motifs is 1. The van der Waals surface area contributed by atoms with E-state index in [1.807, 2.05) is 17.6 Å². The molecule has 3 rings (SSSR count). The van der Waals surface area contributed by atoms with E-state index in [4.69, 9.17) is 32.7 Å². The Balaban J connectivity index is 1.87. The lowest BCUT2D eigenvalue weighted by atomic mass is 10.2. The molecule has 0 atom stereocenters. The number of hydrogen-bond donors (Lipinski definition) is 0. The molecule has 1 aromatic heterocycles. The van der Waals surface area contributed by atoms with E-state index in [9.17, 15) is 4.79 Å². The molecule has 0 N–H and O–H groups in total. The summed E-state index contributed by atoms with van der Waals surface area (Å²) in [6.45, 7) is 6.41. The molecule has 0 saturated heterocycles. The van der Waals surface area contributed by atoms with E-state index >= 15 is 0 Å². The summed E-state index contributed by atoms with van der Waals surface area (Å²) in [5, 5.41) is 1.07. The number of nitrogens with zero attached hydrogens (tertiary/aromatic N) is 2. The van der Waals surface area contributed by atoms with Crippen molar-refractivity contribution in [1.29, 1.82) is 0 Å². The maximum atomic E-state index is 12.8. The number of amides is 1. The standard InChI is InChI=1S/C23H26Cl2N2O3S/c1-3-5-6-12-30-18-9-7-16(8-10-18)22(28)26-23-27(11-13-29-4-2)21-19(25)14-17(24)15-20(21)31-23/h7-10,14-15H,3-6,11-13H2,1-2H3. The Hall–Kier alpha value is -1.86. The average molecular weight is 481 g/mol. The van der Waals surface area contributed by atoms with Crippen LogP contribution in [0.3, 0.4) is 0 Å². The van der Waals surface area contributed by atoms with Gasteiger partial charge >= 0.3 is 0 Å². The highest BCUT2D eigenvalue weighted by molar-refractivity contribution is 7.16. The Kier molecular flexibility index (Phi) is 8.96. The monoisotopic (exact) mass is 480 g/mol. The van der Waals surface area contributed by atoms with Crippen LogP contribution in [-0.2, 0) is 11.3 Å². The lowest BCUT2D eigenvalue weighted by Gasteiger charge is -2.07. The predicted molar refractivity (Wildman–Crippen MR) is 128 cm³/mol. The molecule has 0 aliphatic heterocycles. The first-order chi connectivity index (χ1) is 15.0. The molecule has 0 bridgehead atoms. The van der Waals surface area contributed by atoms with Gasteiger partial charge in [0.1, 0.15) is 5.75 Å². The van der Waals surface area contributed by atoms with Gasteiger partial charge in [-0.2, -0.15) is 4.99 Å². The minimum atomic E-state index is -0.323. The van der Waals surface area contributed by atoms with E-state index in [-0.39, 0.29) is 5.91 Å². The molecule has 0 spiro atoms. The molecule has 3 aromatic rings. The Labute approximate surface area is 196 Å². The van der Waals surface area contributed by atoms with Crippen LogP contribution in [0.5, 0.6) is 5.75 Å². The highest BCUT2D eigenvalue weighted by Gasteiger charge is 2.13. The molecule has 31 heavy (non-hydrogen) atoms. The Morgan fingerprint density at radius 2 is 1.87 bits per heavy atom. The Morgan fingerprint density at radius 1 is 1.10 bits per heavy atom. The molecule has 166 valence electrons. The number of unbranched alkanes of at least 4 members (excludes halogenated alkanes) is 2. The lowest BCUT2D eigenvalue weighted by Crippen LogP contribution is -2.20. The summed E-state index contributed by atoms with van der Waals surface area (Å²) in [5.74, 6) is 0.430. The zero-order valence-corrected chi connectivity index (χ0v) is 20.0. The number of carbonyl (C=O) groups is 1. The number of halogens is 2. The third kappa shape index (κ3) is 6.32. The van der Waals surface area contributed by atoms with Crippen LogP contribution in [-0.4, -0.2) is 30.3 Å². The largest absolute Gasteiger partial charge is 0.494 e. The number of hydrogen-bond acceptors (Lipinski definition) is 4. The van der Waals surface area contributed by atoms with Crippen molar-refractivity contribution in [2.45, 2.75) is 39.7 Å². The second-order valence-electron chi connectivity index (χ2n) is 6.96. The Morgan fingerprint density at radius 3 is 2.58 bits per heavy atom. The maximum absolute atomic E-state index is 12.8. The van der Waals surface area contributed by atoms with Gasteiger partial charge in [-0.05, 0) is 49.7 Å². The van der Waals surface area contributed by atoms with Gasteiger partial charge in [-0.25, -0.2) is 0 Å². The van der Waals surface area contributed by atoms with Gasteiger partial charge in [0, 0.05) is 23.7 Å². The normalized spacial score (nSPS) is 11.9. The zero-order chi connectivity index (χ0) is 22.2. The summed E-state index contributed by atoms with van der Waals surface area (Å²) < 4.78 is 14.0. The first kappa shape index (κ1) is 23.8. The fourth-order valence-electron chi connectivity index (χ4n) is 3.11. The minimum absolute atomic E-state index is 0.323. The number of thiazole rings is 1. The summed E-state index contributed by atoms with van der Waals surface area (Å²) in [5.41, 5.74) is 1.30. The summed E-state index contributed by atoms with van der Waals surface area (Å²) in [6.07, 6.45) is 3.31. The molecule has 0 aliphatic rings. The van der Waals surface area contributed by atoms with Gasteiger partial charge in [0.2, 0.25) is 0 Å². The molecule has 1 heterocycles. The van der Waals surface area contributed by atoms with Crippen LogP contribution in [0.2, 0.25) is 10.0 Å². The van der Waals surface area contributed by atoms with Gasteiger partial charge in [0.15, 0.2) is 4.80 Å². The van der Waals surface area contributed by atoms with Gasteiger partial charge in [0.05, 0.1) is 28.5 Å². The van der Waals surface area contributed by atoms with Gasteiger partial charge < -0.3 is 14.0 Å². The first-order valence-electron chi connectivity index (χ1n) is 10.4. The molecule has 0 unspecified atom stereocenters. The topological polar surface area (TPSA) is 52.8 Å². The first-order valence-corrected chi connectivity index (χ1v) is 12.0. The van der Waals surface area contributed by atoms with Gasteiger partial charge in [0.25, 0.3) is 5.91 Å². The average Bonchev–Trinajstić information content (AvgIpc) is 3.09. The fourth-order valence-corrected chi connectivity index (χ4v) is 4.95. The van der Waals surface area contributed by atoms with Crippen LogP contribution in [0.4, 0.5) is 0 Å². The number of aromatic nitrogens is 1. The van der Waals surface area contributed by atoms with Crippen molar-refractivity contribution in [1.82, 2.24) is 4.57 Å². The third-order valence-corrected chi connectivity index (χ3v) is 6.21. The van der Waals surface area contributed by atoms with E-state index < -0.39 is 0 Å². The molecule has 0 fully saturated rings. The van der Waals surface area contributed by atoms with Crippen LogP contribution in [0.25, 0.3) is 10.2 Å². The van der Waals surface area contributed by atoms with Crippen molar-refractivity contribution in [3.8, 4) is 5.75 Å². The molecule has 5 nitrogen and oxygen atoms in total. The van der Waals surface area contributed by atoms with Gasteiger partial charge in [-0.1, -0.05) is 54.3 Å². The van der Waals surface area contributed by atoms with E-state index in [1.54, 1.807) is 30.3 Å². The van der Waals surface area contributed by atoms with Crippen molar-refractivity contribution < 1.29 is 14.3 Å². The lowest BCUT2D eigenvalue weighted by molar-refractivity contribution is 0.0996. The number of carbonyl (C=O) groups excluding carboxylic acids is 1. The number of rotatable bonds is 10. The Bertz CT molecular complexity index is 1090. The molecule has 0 saturated carbocycles. The van der Waals surface area contributed by atoms with Crippen LogP contribution in [0.1, 0.15) is 43.5 Å². The van der Waals surface area contributed by atoms with Crippen LogP contribution in [0, 0.1) is 0 Å². The molecule has 0 aliphatic carbocycles. The predicted octanol–water partition coefficient (Wildman–Crippen LogP) is 6.36. The van der Waals surface area contributed by atoms with Crippen molar-refractivity contribution in [3.63, 3.8) is 0 Å². The van der Waals surface area contributed by atoms with E-state index in [0.717, 1.165) is 35.2 Å². The van der Waals surface area contributed by atoms with Crippen molar-refractivity contribution >= 4 is 50.7 Å². The van der Waals surface area contributed by atoms with Crippen LogP contribution >= 0.6 is 34.5 Å². The van der Waals surface area contributed by atoms with E-state index in [0.29, 0.717) is 46.8 Å². The van der Waals surface area contributed by atoms with Crippen molar-refractivity contribution in [2.75, 3.05) is 19.8 Å². The number of benzene rings is 2. The fraction of sp³-hybridized carbons (Fsp3) is 0.391. The highest BCUT2D eigenvalue weighted by Crippen LogP contribution is 2.29. The molecular formula is C23H26Cl2N2O3S. The quantitative estimate of drug-likeness (QED) is 0.317. The van der Waals surface area contributed by atoms with E-state index in [2.05, 4.69) is 11.9 Å². The van der Waals surface area contributed by atoms with Gasteiger partial charge in [-0.15, -0.1) is 0 Å². The van der Waals surface area contributed by atoms with Gasteiger partial charge in [-0.3, -0.25) is 4.79 Å². The minimum Gasteiger partial charge on any atom is -0.494 e. The second kappa shape index (κ2) is 11.7. The second-order valence-corrected chi connectivity index (χ2v) is 8.82. The molecule has 2 aromatic carbocycles. The summed E-state index contributed by atoms with van der Waals surface area (Å²) in [4.78, 5) is 17.8. The smallest absolute Gasteiger partial charge is 0.279 e. The van der Waals surface area contributed by atoms with Crippen molar-refractivity contribution in [2.24, 2.45) is 4.99 Å². The molecule has 0 radical (unpaired) electrons. The summed E-state index contributed by atoms with van der Waals surface area (Å²) in [7, 11) is 0. The van der Waals surface area contributed by atoms with Crippen molar-refractivity contribution in [3.05, 3.63) is 56.8 Å². The molecular weight excluding hydrogens is 455 g/mol. The summed E-state index contributed by atoms with van der Waals surface area (Å²) >= 11 is 14.0. The molecule has 1 amide bonds. The maximum Gasteiger partial charge on any atom is 0.279 e. The van der Waals surface area contributed by atoms with E-state index in [1.165, 1.54) is 11.3 Å². The third-order valence-electron chi connectivity index (χ3n) is 4.67. The van der Waals surface area contributed by atoms with Crippen LogP contribution in [0.15, 0.2) is 41.4 Å².